The Kier molecular flexibility index (Phi) is 6.92. The summed E-state index contributed by atoms with van der Waals surface area (Å²) < 4.78 is 5.37. The Bertz CT molecular complexity index is 302. The molecule has 0 bridgehead atoms. The molecule has 118 valence electrons. The summed E-state index contributed by atoms with van der Waals surface area (Å²) in [6.07, 6.45) is 2.16. The molecule has 1 amide bonds. The van der Waals surface area contributed by atoms with Crippen LogP contribution in [0.15, 0.2) is 0 Å². The average molecular weight is 286 g/mol. The SMILES string of the molecule is CC(C)(C)C(CCN)CCC(=O)N1CCOC(CO)C1. The minimum absolute atomic E-state index is 0.0262. The first-order valence-electron chi connectivity index (χ1n) is 7.58. The molecule has 5 heteroatoms. The first-order valence-corrected chi connectivity index (χ1v) is 7.58. The Morgan fingerprint density at radius 2 is 2.15 bits per heavy atom. The van der Waals surface area contributed by atoms with Gasteiger partial charge in [0.05, 0.1) is 19.3 Å². The molecule has 1 saturated heterocycles. The van der Waals surface area contributed by atoms with Crippen LogP contribution in [0.2, 0.25) is 0 Å². The van der Waals surface area contributed by atoms with Crippen LogP contribution < -0.4 is 5.73 Å². The van der Waals surface area contributed by atoms with Crippen LogP contribution in [0.4, 0.5) is 0 Å². The van der Waals surface area contributed by atoms with E-state index in [0.29, 0.717) is 38.6 Å². The van der Waals surface area contributed by atoms with Gasteiger partial charge in [-0.2, -0.15) is 0 Å². The Morgan fingerprint density at radius 1 is 1.45 bits per heavy atom. The molecule has 5 nitrogen and oxygen atoms in total. The number of aliphatic hydroxyl groups is 1. The smallest absolute Gasteiger partial charge is 0.222 e. The molecule has 0 saturated carbocycles. The fraction of sp³-hybridized carbons (Fsp3) is 0.933. The summed E-state index contributed by atoms with van der Waals surface area (Å²) in [6, 6.07) is 0. The molecule has 2 atom stereocenters. The van der Waals surface area contributed by atoms with Gasteiger partial charge in [0.25, 0.3) is 0 Å². The molecular formula is C15H30N2O3. The second kappa shape index (κ2) is 7.96. The molecule has 1 rings (SSSR count). The van der Waals surface area contributed by atoms with Gasteiger partial charge >= 0.3 is 0 Å². The van der Waals surface area contributed by atoms with E-state index in [0.717, 1.165) is 12.8 Å². The molecule has 0 aliphatic carbocycles. The Labute approximate surface area is 122 Å². The van der Waals surface area contributed by atoms with Gasteiger partial charge in [-0.15, -0.1) is 0 Å². The normalized spacial score (nSPS) is 21.9. The number of nitrogens with two attached hydrogens (primary N) is 1. The van der Waals surface area contributed by atoms with E-state index < -0.39 is 0 Å². The van der Waals surface area contributed by atoms with Crippen molar-refractivity contribution in [2.24, 2.45) is 17.1 Å². The zero-order valence-electron chi connectivity index (χ0n) is 13.1. The van der Waals surface area contributed by atoms with E-state index in [1.807, 2.05) is 4.90 Å². The largest absolute Gasteiger partial charge is 0.394 e. The maximum atomic E-state index is 12.3. The molecular weight excluding hydrogens is 256 g/mol. The summed E-state index contributed by atoms with van der Waals surface area (Å²) in [6.45, 7) is 8.90. The summed E-state index contributed by atoms with van der Waals surface area (Å²) in [7, 11) is 0. The zero-order valence-corrected chi connectivity index (χ0v) is 13.1. The third kappa shape index (κ3) is 5.38. The average Bonchev–Trinajstić information content (AvgIpc) is 2.41. The summed E-state index contributed by atoms with van der Waals surface area (Å²) in [4.78, 5) is 14.1. The molecule has 1 heterocycles. The quantitative estimate of drug-likeness (QED) is 0.764. The number of rotatable bonds is 6. The van der Waals surface area contributed by atoms with Crippen LogP contribution >= 0.6 is 0 Å². The van der Waals surface area contributed by atoms with Gasteiger partial charge in [0.15, 0.2) is 0 Å². The number of carbonyl (C=O) groups excluding carboxylic acids is 1. The lowest BCUT2D eigenvalue weighted by molar-refractivity contribution is -0.140. The van der Waals surface area contributed by atoms with Crippen molar-refractivity contribution >= 4 is 5.91 Å². The molecule has 20 heavy (non-hydrogen) atoms. The monoisotopic (exact) mass is 286 g/mol. The maximum absolute atomic E-state index is 12.3. The van der Waals surface area contributed by atoms with Gasteiger partial charge in [0, 0.05) is 19.5 Å². The van der Waals surface area contributed by atoms with Crippen molar-refractivity contribution < 1.29 is 14.6 Å². The van der Waals surface area contributed by atoms with Crippen LogP contribution in [0, 0.1) is 11.3 Å². The van der Waals surface area contributed by atoms with Crippen LogP contribution in [0.25, 0.3) is 0 Å². The highest BCUT2D eigenvalue weighted by Gasteiger charge is 2.27. The highest BCUT2D eigenvalue weighted by atomic mass is 16.5. The summed E-state index contributed by atoms with van der Waals surface area (Å²) in [5, 5.41) is 9.11. The highest BCUT2D eigenvalue weighted by molar-refractivity contribution is 5.76. The van der Waals surface area contributed by atoms with Crippen LogP contribution in [0.1, 0.15) is 40.0 Å². The van der Waals surface area contributed by atoms with Crippen molar-refractivity contribution in [2.75, 3.05) is 32.8 Å². The van der Waals surface area contributed by atoms with Gasteiger partial charge in [0.2, 0.25) is 5.91 Å². The minimum Gasteiger partial charge on any atom is -0.394 e. The number of ether oxygens (including phenoxy) is 1. The van der Waals surface area contributed by atoms with Crippen molar-refractivity contribution in [3.8, 4) is 0 Å². The lowest BCUT2D eigenvalue weighted by Gasteiger charge is -2.34. The molecule has 0 aromatic carbocycles. The van der Waals surface area contributed by atoms with Gasteiger partial charge < -0.3 is 20.5 Å². The standard InChI is InChI=1S/C15H30N2O3/c1-15(2,3)12(6-7-16)4-5-14(19)17-8-9-20-13(10-17)11-18/h12-13,18H,4-11,16H2,1-3H3. The summed E-state index contributed by atoms with van der Waals surface area (Å²) in [5.74, 6) is 0.629. The highest BCUT2D eigenvalue weighted by Crippen LogP contribution is 2.32. The first-order chi connectivity index (χ1) is 9.38. The van der Waals surface area contributed by atoms with E-state index >= 15 is 0 Å². The Morgan fingerprint density at radius 3 is 2.70 bits per heavy atom. The van der Waals surface area contributed by atoms with Crippen LogP contribution in [-0.2, 0) is 9.53 Å². The fourth-order valence-electron chi connectivity index (χ4n) is 2.72. The predicted octanol–water partition coefficient (Wildman–Crippen LogP) is 0.997. The van der Waals surface area contributed by atoms with E-state index in [1.165, 1.54) is 0 Å². The van der Waals surface area contributed by atoms with Crippen LogP contribution in [0.5, 0.6) is 0 Å². The Balaban J connectivity index is 2.44. The van der Waals surface area contributed by atoms with Crippen molar-refractivity contribution in [1.82, 2.24) is 4.90 Å². The number of carbonyl (C=O) groups is 1. The topological polar surface area (TPSA) is 75.8 Å². The third-order valence-electron chi connectivity index (χ3n) is 4.14. The van der Waals surface area contributed by atoms with Crippen LogP contribution in [0.3, 0.4) is 0 Å². The lowest BCUT2D eigenvalue weighted by atomic mass is 9.76. The van der Waals surface area contributed by atoms with Crippen LogP contribution in [-0.4, -0.2) is 54.9 Å². The number of hydrogen-bond acceptors (Lipinski definition) is 4. The van der Waals surface area contributed by atoms with Gasteiger partial charge in [-0.05, 0) is 30.7 Å². The van der Waals surface area contributed by atoms with Crippen molar-refractivity contribution in [2.45, 2.75) is 46.1 Å². The van der Waals surface area contributed by atoms with Gasteiger partial charge in [-0.25, -0.2) is 0 Å². The van der Waals surface area contributed by atoms with E-state index in [4.69, 9.17) is 15.6 Å². The van der Waals surface area contributed by atoms with Crippen molar-refractivity contribution in [3.63, 3.8) is 0 Å². The number of nitrogens with zero attached hydrogens (tertiary/aromatic N) is 1. The fourth-order valence-corrected chi connectivity index (χ4v) is 2.72. The van der Waals surface area contributed by atoms with Crippen molar-refractivity contribution in [1.29, 1.82) is 0 Å². The molecule has 0 aromatic heterocycles. The van der Waals surface area contributed by atoms with Crippen molar-refractivity contribution in [3.05, 3.63) is 0 Å². The molecule has 0 radical (unpaired) electrons. The summed E-state index contributed by atoms with van der Waals surface area (Å²) in [5.41, 5.74) is 5.85. The second-order valence-corrected chi connectivity index (χ2v) is 6.69. The zero-order chi connectivity index (χ0) is 15.2. The molecule has 1 fully saturated rings. The lowest BCUT2D eigenvalue weighted by Crippen LogP contribution is -2.47. The Hall–Kier alpha value is -0.650. The van der Waals surface area contributed by atoms with Gasteiger partial charge in [-0.3, -0.25) is 4.79 Å². The molecule has 1 aliphatic heterocycles. The molecule has 1 aliphatic rings. The molecule has 3 N–H and O–H groups in total. The van der Waals surface area contributed by atoms with E-state index in [1.54, 1.807) is 0 Å². The van der Waals surface area contributed by atoms with E-state index in [9.17, 15) is 4.79 Å². The minimum atomic E-state index is -0.227. The van der Waals surface area contributed by atoms with Gasteiger partial charge in [-0.1, -0.05) is 20.8 Å². The maximum Gasteiger partial charge on any atom is 0.222 e. The molecule has 0 aromatic rings. The number of morpholine rings is 1. The predicted molar refractivity (Wildman–Crippen MR) is 79.3 cm³/mol. The number of hydrogen-bond donors (Lipinski definition) is 2. The number of amides is 1. The molecule has 2 unspecified atom stereocenters. The second-order valence-electron chi connectivity index (χ2n) is 6.69. The van der Waals surface area contributed by atoms with Gasteiger partial charge in [0.1, 0.15) is 0 Å². The summed E-state index contributed by atoms with van der Waals surface area (Å²) >= 11 is 0. The first kappa shape index (κ1) is 17.4. The number of aliphatic hydroxyl groups excluding tert-OH is 1. The third-order valence-corrected chi connectivity index (χ3v) is 4.14. The molecule has 0 spiro atoms. The van der Waals surface area contributed by atoms with E-state index in [2.05, 4.69) is 20.8 Å². The van der Waals surface area contributed by atoms with E-state index in [-0.39, 0.29) is 24.0 Å².